The van der Waals surface area contributed by atoms with Gasteiger partial charge in [-0.1, -0.05) is 12.1 Å². The van der Waals surface area contributed by atoms with Crippen LogP contribution in [0.15, 0.2) is 35.5 Å². The maximum atomic E-state index is 13.4. The molecule has 8 heteroatoms. The van der Waals surface area contributed by atoms with Gasteiger partial charge in [-0.25, -0.2) is 0 Å². The second-order valence-electron chi connectivity index (χ2n) is 7.82. The summed E-state index contributed by atoms with van der Waals surface area (Å²) in [5, 5.41) is 9.48. The van der Waals surface area contributed by atoms with Crippen molar-refractivity contribution in [2.45, 2.75) is 0 Å². The molecular weight excluding hydrogens is 382 g/mol. The van der Waals surface area contributed by atoms with Crippen molar-refractivity contribution >= 4 is 28.6 Å². The van der Waals surface area contributed by atoms with Crippen LogP contribution in [0.2, 0.25) is 0 Å². The third-order valence-corrected chi connectivity index (χ3v) is 5.02. The van der Waals surface area contributed by atoms with Crippen molar-refractivity contribution in [2.75, 3.05) is 65.0 Å². The van der Waals surface area contributed by atoms with E-state index in [1.807, 2.05) is 38.0 Å². The third kappa shape index (κ3) is 4.24. The molecule has 2 aromatic carbocycles. The van der Waals surface area contributed by atoms with Crippen LogP contribution in [0.25, 0.3) is 0 Å². The van der Waals surface area contributed by atoms with Crippen LogP contribution in [-0.2, 0) is 0 Å². The highest BCUT2D eigenvalue weighted by molar-refractivity contribution is 6.33. The lowest BCUT2D eigenvalue weighted by molar-refractivity contribution is 0.0980. The monoisotopic (exact) mass is 409 g/mol. The van der Waals surface area contributed by atoms with Gasteiger partial charge in [-0.2, -0.15) is 0 Å². The topological polar surface area (TPSA) is 94.1 Å². The molecule has 30 heavy (non-hydrogen) atoms. The summed E-state index contributed by atoms with van der Waals surface area (Å²) >= 11 is 0. The Morgan fingerprint density at radius 2 is 1.37 bits per heavy atom. The number of benzene rings is 2. The lowest BCUT2D eigenvalue weighted by Crippen LogP contribution is -2.27. The van der Waals surface area contributed by atoms with Gasteiger partial charge in [0.15, 0.2) is 11.6 Å². The van der Waals surface area contributed by atoms with E-state index >= 15 is 0 Å². The van der Waals surface area contributed by atoms with Gasteiger partial charge in [-0.3, -0.25) is 9.59 Å². The van der Waals surface area contributed by atoms with Gasteiger partial charge in [0, 0.05) is 43.1 Å². The minimum absolute atomic E-state index is 0.0183. The molecule has 2 N–H and O–H groups in total. The molecule has 1 aliphatic carbocycles. The number of carbonyl (C=O) groups is 2. The minimum atomic E-state index is -0.363. The van der Waals surface area contributed by atoms with Gasteiger partial charge in [0.2, 0.25) is 0 Å². The first-order chi connectivity index (χ1) is 14.3. The van der Waals surface area contributed by atoms with Gasteiger partial charge in [0.05, 0.1) is 16.7 Å². The molecule has 0 unspecified atom stereocenters. The highest BCUT2D eigenvalue weighted by Crippen LogP contribution is 2.39. The molecule has 0 atom stereocenters. The standard InChI is InChI=1S/C22H27N5O3/c1-26(2)12-10-23-15-7-5-6-14-18(15)22(29)20-17(25-30)9-8-16(19(20)21(14)28)24-11-13-27(3)4/h5-9,23-24H,10-13H2,1-4H3. The van der Waals surface area contributed by atoms with Crippen LogP contribution in [0, 0.1) is 4.91 Å². The van der Waals surface area contributed by atoms with Crippen molar-refractivity contribution in [3.05, 3.63) is 57.5 Å². The molecule has 0 fully saturated rings. The lowest BCUT2D eigenvalue weighted by Gasteiger charge is -2.24. The van der Waals surface area contributed by atoms with Crippen molar-refractivity contribution in [1.29, 1.82) is 0 Å². The van der Waals surface area contributed by atoms with E-state index in [0.717, 1.165) is 13.1 Å². The van der Waals surface area contributed by atoms with Gasteiger partial charge in [0.1, 0.15) is 5.69 Å². The number of hydrogen-bond acceptors (Lipinski definition) is 8. The van der Waals surface area contributed by atoms with E-state index < -0.39 is 0 Å². The van der Waals surface area contributed by atoms with Gasteiger partial charge >= 0.3 is 0 Å². The van der Waals surface area contributed by atoms with E-state index in [-0.39, 0.29) is 28.4 Å². The van der Waals surface area contributed by atoms with Gasteiger partial charge in [0.25, 0.3) is 0 Å². The number of likely N-dealkylation sites (N-methyl/N-ethyl adjacent to an activating group) is 2. The molecule has 1 aliphatic rings. The summed E-state index contributed by atoms with van der Waals surface area (Å²) in [6.07, 6.45) is 0. The summed E-state index contributed by atoms with van der Waals surface area (Å²) in [5.74, 6) is -0.646. The zero-order chi connectivity index (χ0) is 21.8. The average molecular weight is 409 g/mol. The maximum absolute atomic E-state index is 13.4. The Morgan fingerprint density at radius 3 is 1.93 bits per heavy atom. The summed E-state index contributed by atoms with van der Waals surface area (Å²) in [6, 6.07) is 8.31. The number of ketones is 2. The van der Waals surface area contributed by atoms with E-state index in [9.17, 15) is 14.5 Å². The SMILES string of the molecule is CN(C)CCNc1cccc2c1C(=O)c1c(N=O)ccc(NCCN(C)C)c1C2=O. The summed E-state index contributed by atoms with van der Waals surface area (Å²) in [5.41, 5.74) is 2.02. The summed E-state index contributed by atoms with van der Waals surface area (Å²) in [7, 11) is 7.82. The van der Waals surface area contributed by atoms with E-state index in [1.165, 1.54) is 6.07 Å². The molecular formula is C22H27N5O3. The van der Waals surface area contributed by atoms with Gasteiger partial charge in [-0.05, 0) is 51.6 Å². The van der Waals surface area contributed by atoms with Crippen LogP contribution >= 0.6 is 0 Å². The van der Waals surface area contributed by atoms with Crippen LogP contribution < -0.4 is 10.6 Å². The molecule has 0 bridgehead atoms. The fraction of sp³-hybridized carbons (Fsp3) is 0.364. The fourth-order valence-electron chi connectivity index (χ4n) is 3.50. The molecule has 8 nitrogen and oxygen atoms in total. The van der Waals surface area contributed by atoms with Crippen LogP contribution in [0.1, 0.15) is 31.8 Å². The van der Waals surface area contributed by atoms with Crippen molar-refractivity contribution < 1.29 is 9.59 Å². The Labute approximate surface area is 176 Å². The average Bonchev–Trinajstić information content (AvgIpc) is 2.71. The molecule has 0 aromatic heterocycles. The van der Waals surface area contributed by atoms with Crippen molar-refractivity contribution in [2.24, 2.45) is 5.18 Å². The Morgan fingerprint density at radius 1 is 0.767 bits per heavy atom. The maximum Gasteiger partial charge on any atom is 0.198 e. The Bertz CT molecular complexity index is 985. The van der Waals surface area contributed by atoms with Gasteiger partial charge in [-0.15, -0.1) is 4.91 Å². The fourth-order valence-corrected chi connectivity index (χ4v) is 3.50. The second-order valence-corrected chi connectivity index (χ2v) is 7.82. The van der Waals surface area contributed by atoms with E-state index in [0.29, 0.717) is 35.6 Å². The normalized spacial score (nSPS) is 12.7. The van der Waals surface area contributed by atoms with Crippen LogP contribution in [-0.4, -0.2) is 75.7 Å². The Balaban J connectivity index is 2.05. The smallest absolute Gasteiger partial charge is 0.198 e. The third-order valence-electron chi connectivity index (χ3n) is 5.02. The number of nitrogens with one attached hydrogen (secondary N) is 2. The Hall–Kier alpha value is -3.10. The largest absolute Gasteiger partial charge is 0.383 e. The van der Waals surface area contributed by atoms with Crippen molar-refractivity contribution in [3.8, 4) is 0 Å². The number of carbonyl (C=O) groups excluding carboxylic acids is 2. The molecule has 0 saturated carbocycles. The summed E-state index contributed by atoms with van der Waals surface area (Å²) < 4.78 is 0. The number of nitroso groups, excluding NO2 is 1. The second kappa shape index (κ2) is 9.15. The van der Waals surface area contributed by atoms with Gasteiger partial charge < -0.3 is 20.4 Å². The molecule has 2 aromatic rings. The van der Waals surface area contributed by atoms with Crippen LogP contribution in [0.3, 0.4) is 0 Å². The zero-order valence-corrected chi connectivity index (χ0v) is 17.8. The highest BCUT2D eigenvalue weighted by atomic mass is 16.3. The summed E-state index contributed by atoms with van der Waals surface area (Å²) in [6.45, 7) is 2.72. The first kappa shape index (κ1) is 21.6. The molecule has 0 amide bonds. The highest BCUT2D eigenvalue weighted by Gasteiger charge is 2.36. The number of nitrogens with zero attached hydrogens (tertiary/aromatic N) is 3. The first-order valence-electron chi connectivity index (χ1n) is 9.85. The van der Waals surface area contributed by atoms with Crippen molar-refractivity contribution in [1.82, 2.24) is 9.80 Å². The number of rotatable bonds is 9. The van der Waals surface area contributed by atoms with E-state index in [2.05, 4.69) is 15.8 Å². The lowest BCUT2D eigenvalue weighted by atomic mass is 9.81. The number of anilines is 2. The zero-order valence-electron chi connectivity index (χ0n) is 17.8. The van der Waals surface area contributed by atoms with E-state index in [4.69, 9.17) is 0 Å². The molecule has 0 aliphatic heterocycles. The predicted octanol–water partition coefficient (Wildman–Crippen LogP) is 2.81. The Kier molecular flexibility index (Phi) is 6.59. The summed E-state index contributed by atoms with van der Waals surface area (Å²) in [4.78, 5) is 42.3. The van der Waals surface area contributed by atoms with E-state index in [1.54, 1.807) is 24.3 Å². The predicted molar refractivity (Wildman–Crippen MR) is 119 cm³/mol. The molecule has 0 saturated heterocycles. The van der Waals surface area contributed by atoms with Crippen LogP contribution in [0.4, 0.5) is 17.1 Å². The number of hydrogen-bond donors (Lipinski definition) is 2. The molecule has 0 radical (unpaired) electrons. The molecule has 0 heterocycles. The van der Waals surface area contributed by atoms with Crippen LogP contribution in [0.5, 0.6) is 0 Å². The number of fused-ring (bicyclic) bond motifs is 2. The molecule has 0 spiro atoms. The molecule has 158 valence electrons. The minimum Gasteiger partial charge on any atom is -0.383 e. The molecule has 3 rings (SSSR count). The van der Waals surface area contributed by atoms with Crippen molar-refractivity contribution in [3.63, 3.8) is 0 Å². The first-order valence-corrected chi connectivity index (χ1v) is 9.85. The quantitative estimate of drug-likeness (QED) is 0.525.